The summed E-state index contributed by atoms with van der Waals surface area (Å²) in [5.41, 5.74) is -0.0125. The summed E-state index contributed by atoms with van der Waals surface area (Å²) in [4.78, 5) is 21.4. The van der Waals surface area contributed by atoms with E-state index in [1.807, 2.05) is 0 Å². The van der Waals surface area contributed by atoms with E-state index in [4.69, 9.17) is 16.7 Å². The normalized spacial score (nSPS) is 12.2. The van der Waals surface area contributed by atoms with Crippen LogP contribution in [0, 0.1) is 22.0 Å². The zero-order valence-corrected chi connectivity index (χ0v) is 11.3. The van der Waals surface area contributed by atoms with Gasteiger partial charge in [0.15, 0.2) is 0 Å². The van der Waals surface area contributed by atoms with E-state index in [2.05, 4.69) is 5.32 Å². The number of anilines is 1. The van der Waals surface area contributed by atoms with Crippen molar-refractivity contribution < 1.29 is 14.8 Å². The lowest BCUT2D eigenvalue weighted by molar-refractivity contribution is -0.383. The number of benzene rings is 1. The van der Waals surface area contributed by atoms with E-state index in [1.54, 1.807) is 19.9 Å². The molecule has 0 radical (unpaired) electrons. The number of nitrogens with one attached hydrogen (secondary N) is 1. The lowest BCUT2D eigenvalue weighted by Gasteiger charge is -2.17. The fourth-order valence-electron chi connectivity index (χ4n) is 1.67. The predicted octanol–water partition coefficient (Wildman–Crippen LogP) is 3.02. The lowest BCUT2D eigenvalue weighted by atomic mass is 9.96. The predicted molar refractivity (Wildman–Crippen MR) is 72.6 cm³/mol. The van der Waals surface area contributed by atoms with E-state index in [-0.39, 0.29) is 28.9 Å². The minimum Gasteiger partial charge on any atom is -0.481 e. The standard InChI is InChI=1S/C12H15ClN2O4/c1-7(2)8(12(16)17)6-14-10-5-3-4-9(13)11(10)15(18)19/h3-5,7-8,14H,6H2,1-2H3,(H,16,17). The summed E-state index contributed by atoms with van der Waals surface area (Å²) in [6.45, 7) is 3.67. The number of aliphatic carboxylic acids is 1. The number of nitro groups is 1. The molecule has 1 rings (SSSR count). The number of carbonyl (C=O) groups is 1. The molecule has 0 heterocycles. The van der Waals surface area contributed by atoms with E-state index >= 15 is 0 Å². The molecule has 0 aliphatic rings. The van der Waals surface area contributed by atoms with E-state index in [1.165, 1.54) is 12.1 Å². The third-order valence-corrected chi connectivity index (χ3v) is 3.11. The van der Waals surface area contributed by atoms with E-state index in [0.717, 1.165) is 0 Å². The Hall–Kier alpha value is -1.82. The van der Waals surface area contributed by atoms with Gasteiger partial charge in [0.05, 0.1) is 10.8 Å². The highest BCUT2D eigenvalue weighted by molar-refractivity contribution is 6.33. The van der Waals surface area contributed by atoms with Crippen molar-refractivity contribution in [3.05, 3.63) is 33.3 Å². The Morgan fingerprint density at radius 1 is 1.53 bits per heavy atom. The van der Waals surface area contributed by atoms with Crippen LogP contribution in [0.4, 0.5) is 11.4 Å². The number of nitro benzene ring substituents is 1. The lowest BCUT2D eigenvalue weighted by Crippen LogP contribution is -2.27. The molecule has 1 aromatic rings. The Labute approximate surface area is 115 Å². The van der Waals surface area contributed by atoms with Crippen molar-refractivity contribution in [2.45, 2.75) is 13.8 Å². The summed E-state index contributed by atoms with van der Waals surface area (Å²) < 4.78 is 0. The van der Waals surface area contributed by atoms with Gasteiger partial charge >= 0.3 is 11.7 Å². The first-order valence-electron chi connectivity index (χ1n) is 5.74. The molecule has 0 saturated heterocycles. The molecule has 7 heteroatoms. The molecule has 1 unspecified atom stereocenters. The smallest absolute Gasteiger partial charge is 0.310 e. The molecule has 0 spiro atoms. The molecular weight excluding hydrogens is 272 g/mol. The third-order valence-electron chi connectivity index (χ3n) is 2.80. The highest BCUT2D eigenvalue weighted by atomic mass is 35.5. The number of halogens is 1. The van der Waals surface area contributed by atoms with Gasteiger partial charge in [0.25, 0.3) is 0 Å². The van der Waals surface area contributed by atoms with Crippen molar-refractivity contribution >= 4 is 28.9 Å². The molecule has 1 aromatic carbocycles. The Morgan fingerprint density at radius 3 is 2.63 bits per heavy atom. The molecule has 0 aromatic heterocycles. The summed E-state index contributed by atoms with van der Waals surface area (Å²) in [6, 6.07) is 4.49. The second-order valence-corrected chi connectivity index (χ2v) is 4.87. The zero-order chi connectivity index (χ0) is 14.6. The van der Waals surface area contributed by atoms with Crippen molar-refractivity contribution in [2.24, 2.45) is 11.8 Å². The fourth-order valence-corrected chi connectivity index (χ4v) is 1.92. The fraction of sp³-hybridized carbons (Fsp3) is 0.417. The average molecular weight is 287 g/mol. The molecule has 6 nitrogen and oxygen atoms in total. The van der Waals surface area contributed by atoms with Crippen LogP contribution >= 0.6 is 11.6 Å². The highest BCUT2D eigenvalue weighted by Gasteiger charge is 2.23. The van der Waals surface area contributed by atoms with E-state index in [9.17, 15) is 14.9 Å². The second kappa shape index (κ2) is 6.38. The summed E-state index contributed by atoms with van der Waals surface area (Å²) in [7, 11) is 0. The van der Waals surface area contributed by atoms with Crippen molar-refractivity contribution in [3.8, 4) is 0 Å². The van der Waals surface area contributed by atoms with Gasteiger partial charge in [-0.05, 0) is 18.1 Å². The number of nitrogens with zero attached hydrogens (tertiary/aromatic N) is 1. The van der Waals surface area contributed by atoms with Crippen LogP contribution in [0.25, 0.3) is 0 Å². The molecule has 0 saturated carbocycles. The summed E-state index contributed by atoms with van der Waals surface area (Å²) in [5, 5.41) is 22.8. The molecule has 0 aliphatic carbocycles. The minimum absolute atomic E-state index is 0.0198. The molecular formula is C12H15ClN2O4. The maximum Gasteiger partial charge on any atom is 0.310 e. The number of carboxylic acid groups (broad SMARTS) is 1. The van der Waals surface area contributed by atoms with Crippen LogP contribution in [0.3, 0.4) is 0 Å². The Morgan fingerprint density at radius 2 is 2.16 bits per heavy atom. The summed E-state index contributed by atoms with van der Waals surface area (Å²) >= 11 is 5.77. The number of hydrogen-bond donors (Lipinski definition) is 2. The summed E-state index contributed by atoms with van der Waals surface area (Å²) in [5.74, 6) is -1.64. The number of hydrogen-bond acceptors (Lipinski definition) is 4. The summed E-state index contributed by atoms with van der Waals surface area (Å²) in [6.07, 6.45) is 0. The highest BCUT2D eigenvalue weighted by Crippen LogP contribution is 2.32. The number of para-hydroxylation sites is 1. The quantitative estimate of drug-likeness (QED) is 0.619. The van der Waals surface area contributed by atoms with E-state index < -0.39 is 16.8 Å². The van der Waals surface area contributed by atoms with Crippen molar-refractivity contribution in [2.75, 3.05) is 11.9 Å². The molecule has 1 atom stereocenters. The van der Waals surface area contributed by atoms with Crippen molar-refractivity contribution in [1.82, 2.24) is 0 Å². The van der Waals surface area contributed by atoms with Crippen LogP contribution in [-0.2, 0) is 4.79 Å². The number of carboxylic acids is 1. The first kappa shape index (κ1) is 15.2. The van der Waals surface area contributed by atoms with E-state index in [0.29, 0.717) is 0 Å². The van der Waals surface area contributed by atoms with Crippen LogP contribution in [0.15, 0.2) is 18.2 Å². The van der Waals surface area contributed by atoms with Gasteiger partial charge in [-0.3, -0.25) is 14.9 Å². The van der Waals surface area contributed by atoms with Crippen molar-refractivity contribution in [3.63, 3.8) is 0 Å². The molecule has 0 fully saturated rings. The van der Waals surface area contributed by atoms with Crippen LogP contribution in [0.2, 0.25) is 5.02 Å². The second-order valence-electron chi connectivity index (χ2n) is 4.46. The topological polar surface area (TPSA) is 92.5 Å². The van der Waals surface area contributed by atoms with Crippen molar-refractivity contribution in [1.29, 1.82) is 0 Å². The molecule has 0 amide bonds. The Balaban J connectivity index is 2.91. The maximum atomic E-state index is 11.0. The van der Waals surface area contributed by atoms with Gasteiger partial charge in [0, 0.05) is 6.54 Å². The Bertz CT molecular complexity index is 491. The van der Waals surface area contributed by atoms with Gasteiger partial charge < -0.3 is 10.4 Å². The monoisotopic (exact) mass is 286 g/mol. The third kappa shape index (κ3) is 3.82. The first-order chi connectivity index (χ1) is 8.84. The van der Waals surface area contributed by atoms with Crippen LogP contribution in [0.1, 0.15) is 13.8 Å². The van der Waals surface area contributed by atoms with Gasteiger partial charge in [-0.25, -0.2) is 0 Å². The zero-order valence-electron chi connectivity index (χ0n) is 10.6. The van der Waals surface area contributed by atoms with Crippen LogP contribution < -0.4 is 5.32 Å². The SMILES string of the molecule is CC(C)C(CNc1cccc(Cl)c1[N+](=O)[O-])C(=O)O. The molecule has 0 bridgehead atoms. The van der Waals surface area contributed by atoms with Gasteiger partial charge in [-0.1, -0.05) is 31.5 Å². The molecule has 104 valence electrons. The van der Waals surface area contributed by atoms with Gasteiger partial charge in [-0.15, -0.1) is 0 Å². The average Bonchev–Trinajstić information content (AvgIpc) is 2.27. The van der Waals surface area contributed by atoms with Crippen LogP contribution in [0.5, 0.6) is 0 Å². The van der Waals surface area contributed by atoms with Gasteiger partial charge in [0.1, 0.15) is 10.7 Å². The first-order valence-corrected chi connectivity index (χ1v) is 6.12. The maximum absolute atomic E-state index is 11.0. The number of rotatable bonds is 6. The minimum atomic E-state index is -0.938. The van der Waals surface area contributed by atoms with Gasteiger partial charge in [0.2, 0.25) is 0 Å². The molecule has 19 heavy (non-hydrogen) atoms. The molecule has 2 N–H and O–H groups in total. The van der Waals surface area contributed by atoms with Crippen LogP contribution in [-0.4, -0.2) is 22.5 Å². The Kier molecular flexibility index (Phi) is 5.11. The molecule has 0 aliphatic heterocycles. The largest absolute Gasteiger partial charge is 0.481 e. The van der Waals surface area contributed by atoms with Gasteiger partial charge in [-0.2, -0.15) is 0 Å².